The van der Waals surface area contributed by atoms with Gasteiger partial charge in [0.2, 0.25) is 0 Å². The predicted molar refractivity (Wildman–Crippen MR) is 102 cm³/mol. The van der Waals surface area contributed by atoms with Crippen molar-refractivity contribution in [3.63, 3.8) is 0 Å². The quantitative estimate of drug-likeness (QED) is 0.446. The van der Waals surface area contributed by atoms with Crippen molar-refractivity contribution >= 4 is 17.6 Å². The summed E-state index contributed by atoms with van der Waals surface area (Å²) in [6, 6.07) is 13.8. The van der Waals surface area contributed by atoms with Crippen LogP contribution in [0.5, 0.6) is 0 Å². The lowest BCUT2D eigenvalue weighted by atomic mass is 10.1. The highest BCUT2D eigenvalue weighted by Gasteiger charge is 2.10. The lowest BCUT2D eigenvalue weighted by Crippen LogP contribution is -2.28. The minimum atomic E-state index is -0.0935. The second-order valence-electron chi connectivity index (χ2n) is 6.35. The monoisotopic (exact) mass is 336 g/mol. The van der Waals surface area contributed by atoms with Crippen LogP contribution in [0.3, 0.4) is 0 Å². The molecule has 4 N–H and O–H groups in total. The van der Waals surface area contributed by atoms with Crippen molar-refractivity contribution in [2.24, 2.45) is 10.7 Å². The van der Waals surface area contributed by atoms with E-state index in [0.29, 0.717) is 24.6 Å². The lowest BCUT2D eigenvalue weighted by Gasteiger charge is -2.08. The molecule has 0 fully saturated rings. The zero-order chi connectivity index (χ0) is 17.6. The van der Waals surface area contributed by atoms with Crippen LogP contribution in [-0.4, -0.2) is 25.0 Å². The van der Waals surface area contributed by atoms with Gasteiger partial charge in [-0.1, -0.05) is 23.8 Å². The van der Waals surface area contributed by atoms with Crippen molar-refractivity contribution in [2.45, 2.75) is 26.2 Å². The molecule has 0 saturated heterocycles. The number of amides is 1. The number of aryl methyl sites for hydroxylation is 3. The second kappa shape index (κ2) is 7.83. The molecule has 5 heteroatoms. The summed E-state index contributed by atoms with van der Waals surface area (Å²) < 4.78 is 0. The Hall–Kier alpha value is -2.82. The highest BCUT2D eigenvalue weighted by atomic mass is 16.1. The van der Waals surface area contributed by atoms with Gasteiger partial charge in [-0.15, -0.1) is 0 Å². The Morgan fingerprint density at radius 1 is 1.16 bits per heavy atom. The standard InChI is InChI=1S/C20H24N4O/c1-14-4-2-7-17(12-14)19(25)22-10-11-23-20(21)24-18-9-8-15-5-3-6-16(15)13-18/h2,4,7-9,12-13H,3,5-6,10-11H2,1H3,(H,22,25)(H3,21,23,24). The number of nitrogens with one attached hydrogen (secondary N) is 2. The van der Waals surface area contributed by atoms with Crippen LogP contribution in [0.4, 0.5) is 5.69 Å². The van der Waals surface area contributed by atoms with Crippen molar-refractivity contribution in [3.05, 3.63) is 64.7 Å². The number of carbonyl (C=O) groups excluding carboxylic acids is 1. The molecule has 0 aliphatic heterocycles. The van der Waals surface area contributed by atoms with Gasteiger partial charge in [-0.25, -0.2) is 0 Å². The first-order valence-corrected chi connectivity index (χ1v) is 8.65. The summed E-state index contributed by atoms with van der Waals surface area (Å²) >= 11 is 0. The smallest absolute Gasteiger partial charge is 0.251 e. The lowest BCUT2D eigenvalue weighted by molar-refractivity contribution is 0.0954. The summed E-state index contributed by atoms with van der Waals surface area (Å²) in [5, 5.41) is 5.96. The van der Waals surface area contributed by atoms with Crippen LogP contribution in [-0.2, 0) is 12.8 Å². The van der Waals surface area contributed by atoms with Gasteiger partial charge in [-0.2, -0.15) is 0 Å². The van der Waals surface area contributed by atoms with Gasteiger partial charge in [0.05, 0.1) is 6.54 Å². The van der Waals surface area contributed by atoms with Crippen LogP contribution >= 0.6 is 0 Å². The molecule has 0 spiro atoms. The molecule has 5 nitrogen and oxygen atoms in total. The first-order valence-electron chi connectivity index (χ1n) is 8.65. The van der Waals surface area contributed by atoms with E-state index in [-0.39, 0.29) is 5.91 Å². The minimum absolute atomic E-state index is 0.0935. The van der Waals surface area contributed by atoms with E-state index < -0.39 is 0 Å². The Bertz CT molecular complexity index is 798. The van der Waals surface area contributed by atoms with Gasteiger partial charge in [0.1, 0.15) is 0 Å². The minimum Gasteiger partial charge on any atom is -0.370 e. The molecule has 0 saturated carbocycles. The molecular formula is C20H24N4O. The molecule has 1 aliphatic rings. The highest BCUT2D eigenvalue weighted by Crippen LogP contribution is 2.24. The van der Waals surface area contributed by atoms with Gasteiger partial charge in [-0.05, 0) is 61.6 Å². The number of anilines is 1. The molecule has 0 atom stereocenters. The molecule has 25 heavy (non-hydrogen) atoms. The molecule has 3 rings (SSSR count). The fraction of sp³-hybridized carbons (Fsp3) is 0.300. The maximum atomic E-state index is 12.0. The zero-order valence-electron chi connectivity index (χ0n) is 14.5. The van der Waals surface area contributed by atoms with E-state index in [0.717, 1.165) is 17.7 Å². The van der Waals surface area contributed by atoms with Crippen LogP contribution in [0, 0.1) is 6.92 Å². The molecular weight excluding hydrogens is 312 g/mol. The zero-order valence-corrected chi connectivity index (χ0v) is 14.5. The Balaban J connectivity index is 1.46. The third-order valence-corrected chi connectivity index (χ3v) is 4.33. The molecule has 1 aliphatic carbocycles. The number of fused-ring (bicyclic) bond motifs is 1. The first kappa shape index (κ1) is 17.0. The molecule has 130 valence electrons. The number of nitrogens with two attached hydrogens (primary N) is 1. The molecule has 0 heterocycles. The summed E-state index contributed by atoms with van der Waals surface area (Å²) in [6.45, 7) is 2.84. The molecule has 2 aromatic rings. The SMILES string of the molecule is Cc1cccc(C(=O)NCCN=C(N)Nc2ccc3c(c2)CCC3)c1. The summed E-state index contributed by atoms with van der Waals surface area (Å²) in [6.07, 6.45) is 3.52. The van der Waals surface area contributed by atoms with E-state index in [2.05, 4.69) is 27.8 Å². The topological polar surface area (TPSA) is 79.5 Å². The van der Waals surface area contributed by atoms with Crippen LogP contribution < -0.4 is 16.4 Å². The summed E-state index contributed by atoms with van der Waals surface area (Å²) in [4.78, 5) is 16.3. The normalized spacial score (nSPS) is 13.4. The molecule has 0 bridgehead atoms. The summed E-state index contributed by atoms with van der Waals surface area (Å²) in [7, 11) is 0. The highest BCUT2D eigenvalue weighted by molar-refractivity contribution is 5.94. The van der Waals surface area contributed by atoms with E-state index in [1.807, 2.05) is 31.2 Å². The van der Waals surface area contributed by atoms with Gasteiger partial charge < -0.3 is 16.4 Å². The number of benzene rings is 2. The van der Waals surface area contributed by atoms with E-state index in [9.17, 15) is 4.79 Å². The van der Waals surface area contributed by atoms with Gasteiger partial charge in [0, 0.05) is 17.8 Å². The number of rotatable bonds is 5. The Morgan fingerprint density at radius 2 is 2.00 bits per heavy atom. The number of nitrogens with zero attached hydrogens (tertiary/aromatic N) is 1. The molecule has 0 radical (unpaired) electrons. The summed E-state index contributed by atoms with van der Waals surface area (Å²) in [5.74, 6) is 0.270. The third-order valence-electron chi connectivity index (χ3n) is 4.33. The number of aliphatic imine (C=N–C) groups is 1. The van der Waals surface area contributed by atoms with Crippen LogP contribution in [0.25, 0.3) is 0 Å². The molecule has 1 amide bonds. The second-order valence-corrected chi connectivity index (χ2v) is 6.35. The number of hydrogen-bond acceptors (Lipinski definition) is 2. The largest absolute Gasteiger partial charge is 0.370 e. The van der Waals surface area contributed by atoms with Crippen molar-refractivity contribution in [1.29, 1.82) is 0 Å². The van der Waals surface area contributed by atoms with Gasteiger partial charge in [-0.3, -0.25) is 9.79 Å². The van der Waals surface area contributed by atoms with E-state index in [4.69, 9.17) is 5.73 Å². The Kier molecular flexibility index (Phi) is 5.33. The average Bonchev–Trinajstić information content (AvgIpc) is 3.06. The Labute approximate surface area is 148 Å². The maximum absolute atomic E-state index is 12.0. The number of hydrogen-bond donors (Lipinski definition) is 3. The van der Waals surface area contributed by atoms with Crippen molar-refractivity contribution in [1.82, 2.24) is 5.32 Å². The summed E-state index contributed by atoms with van der Waals surface area (Å²) in [5.41, 5.74) is 11.4. The van der Waals surface area contributed by atoms with Crippen molar-refractivity contribution in [3.8, 4) is 0 Å². The van der Waals surface area contributed by atoms with Gasteiger partial charge >= 0.3 is 0 Å². The molecule has 0 aromatic heterocycles. The first-order chi connectivity index (χ1) is 12.1. The predicted octanol–water partition coefficient (Wildman–Crippen LogP) is 2.64. The van der Waals surface area contributed by atoms with Crippen molar-refractivity contribution < 1.29 is 4.79 Å². The maximum Gasteiger partial charge on any atom is 0.251 e. The third kappa shape index (κ3) is 4.59. The molecule has 0 unspecified atom stereocenters. The fourth-order valence-corrected chi connectivity index (χ4v) is 3.07. The number of carbonyl (C=O) groups is 1. The van der Waals surface area contributed by atoms with E-state index in [1.165, 1.54) is 24.0 Å². The van der Waals surface area contributed by atoms with E-state index >= 15 is 0 Å². The van der Waals surface area contributed by atoms with Crippen LogP contribution in [0.1, 0.15) is 33.5 Å². The fourth-order valence-electron chi connectivity index (χ4n) is 3.07. The van der Waals surface area contributed by atoms with Crippen LogP contribution in [0.15, 0.2) is 47.5 Å². The molecule has 2 aromatic carbocycles. The number of guanidine groups is 1. The Morgan fingerprint density at radius 3 is 2.84 bits per heavy atom. The van der Waals surface area contributed by atoms with Gasteiger partial charge in [0.25, 0.3) is 5.91 Å². The van der Waals surface area contributed by atoms with Crippen LogP contribution in [0.2, 0.25) is 0 Å². The van der Waals surface area contributed by atoms with Crippen molar-refractivity contribution in [2.75, 3.05) is 18.4 Å². The van der Waals surface area contributed by atoms with Gasteiger partial charge in [0.15, 0.2) is 5.96 Å². The average molecular weight is 336 g/mol. The van der Waals surface area contributed by atoms with E-state index in [1.54, 1.807) is 6.07 Å².